The lowest BCUT2D eigenvalue weighted by Gasteiger charge is -2.02. The monoisotopic (exact) mass is 194 g/mol. The van der Waals surface area contributed by atoms with E-state index in [1.807, 2.05) is 43.3 Å². The second-order valence-electron chi connectivity index (χ2n) is 3.37. The predicted molar refractivity (Wildman–Crippen MR) is 59.1 cm³/mol. The Labute approximate surface area is 88.8 Å². The smallest absolute Gasteiger partial charge is 0.143 e. The molecule has 1 aromatic carbocycles. The highest BCUT2D eigenvalue weighted by molar-refractivity contribution is 5.63. The first-order valence-corrected chi connectivity index (χ1v) is 4.73. The Morgan fingerprint density at radius 3 is 2.47 bits per heavy atom. The van der Waals surface area contributed by atoms with Crippen LogP contribution in [0.5, 0.6) is 0 Å². The number of hydrogen-bond acceptors (Lipinski definition) is 2. The molecular weight excluding hydrogens is 184 g/mol. The predicted octanol–water partition coefficient (Wildman–Crippen LogP) is 2.93. The Morgan fingerprint density at radius 2 is 1.87 bits per heavy atom. The zero-order valence-electron chi connectivity index (χ0n) is 8.44. The highest BCUT2D eigenvalue weighted by Gasteiger charge is 2.01. The zero-order valence-corrected chi connectivity index (χ0v) is 8.44. The van der Waals surface area contributed by atoms with Crippen LogP contribution in [0.1, 0.15) is 11.3 Å². The van der Waals surface area contributed by atoms with E-state index in [-0.39, 0.29) is 0 Å². The molecule has 0 N–H and O–H groups in total. The topological polar surface area (TPSA) is 36.7 Å². The van der Waals surface area contributed by atoms with Crippen LogP contribution in [0.3, 0.4) is 0 Å². The van der Waals surface area contributed by atoms with Crippen molar-refractivity contribution in [3.63, 3.8) is 0 Å². The van der Waals surface area contributed by atoms with E-state index >= 15 is 0 Å². The van der Waals surface area contributed by atoms with Gasteiger partial charge in [-0.2, -0.15) is 5.26 Å². The largest absolute Gasteiger partial charge is 0.245 e. The minimum absolute atomic E-state index is 0.495. The van der Waals surface area contributed by atoms with E-state index in [9.17, 15) is 0 Å². The van der Waals surface area contributed by atoms with Gasteiger partial charge in [0.15, 0.2) is 0 Å². The molecule has 15 heavy (non-hydrogen) atoms. The van der Waals surface area contributed by atoms with Crippen LogP contribution in [0.2, 0.25) is 0 Å². The minimum Gasteiger partial charge on any atom is -0.245 e. The van der Waals surface area contributed by atoms with E-state index in [1.54, 1.807) is 6.20 Å². The highest BCUT2D eigenvalue weighted by Crippen LogP contribution is 2.19. The van der Waals surface area contributed by atoms with Gasteiger partial charge in [0.05, 0.1) is 0 Å². The van der Waals surface area contributed by atoms with E-state index in [1.165, 1.54) is 0 Å². The van der Waals surface area contributed by atoms with Gasteiger partial charge < -0.3 is 0 Å². The first-order valence-electron chi connectivity index (χ1n) is 4.73. The van der Waals surface area contributed by atoms with Crippen molar-refractivity contribution in [2.45, 2.75) is 6.92 Å². The SMILES string of the molecule is Cc1cc(-c2ccccc2)cnc1C#N. The molecule has 0 spiro atoms. The Morgan fingerprint density at radius 1 is 1.13 bits per heavy atom. The average molecular weight is 194 g/mol. The Hall–Kier alpha value is -2.14. The van der Waals surface area contributed by atoms with Crippen molar-refractivity contribution < 1.29 is 0 Å². The number of benzene rings is 1. The van der Waals surface area contributed by atoms with Gasteiger partial charge in [0.2, 0.25) is 0 Å². The van der Waals surface area contributed by atoms with E-state index in [0.29, 0.717) is 5.69 Å². The summed E-state index contributed by atoms with van der Waals surface area (Å²) in [6, 6.07) is 14.1. The van der Waals surface area contributed by atoms with E-state index in [4.69, 9.17) is 5.26 Å². The molecule has 0 aliphatic heterocycles. The molecule has 0 saturated carbocycles. The van der Waals surface area contributed by atoms with Crippen molar-refractivity contribution in [2.24, 2.45) is 0 Å². The molecule has 0 aliphatic rings. The van der Waals surface area contributed by atoms with Gasteiger partial charge >= 0.3 is 0 Å². The van der Waals surface area contributed by atoms with E-state index < -0.39 is 0 Å². The Bertz CT molecular complexity index is 510. The van der Waals surface area contributed by atoms with Crippen LogP contribution in [0, 0.1) is 18.3 Å². The maximum Gasteiger partial charge on any atom is 0.143 e. The number of nitriles is 1. The van der Waals surface area contributed by atoms with Gasteiger partial charge in [-0.1, -0.05) is 30.3 Å². The number of nitrogens with zero attached hydrogens (tertiary/aromatic N) is 2. The van der Waals surface area contributed by atoms with Crippen molar-refractivity contribution in [1.82, 2.24) is 4.98 Å². The number of hydrogen-bond donors (Lipinski definition) is 0. The van der Waals surface area contributed by atoms with Crippen LogP contribution >= 0.6 is 0 Å². The molecule has 2 rings (SSSR count). The Balaban J connectivity index is 2.49. The third kappa shape index (κ3) is 1.87. The molecular formula is C13H10N2. The number of rotatable bonds is 1. The van der Waals surface area contributed by atoms with Crippen LogP contribution in [0.25, 0.3) is 11.1 Å². The fourth-order valence-corrected chi connectivity index (χ4v) is 1.48. The lowest BCUT2D eigenvalue weighted by Crippen LogP contribution is -1.89. The van der Waals surface area contributed by atoms with Crippen molar-refractivity contribution in [1.29, 1.82) is 5.26 Å². The first kappa shape index (κ1) is 9.42. The van der Waals surface area contributed by atoms with Crippen LogP contribution in [-0.2, 0) is 0 Å². The molecule has 2 nitrogen and oxygen atoms in total. The third-order valence-electron chi connectivity index (χ3n) is 2.29. The van der Waals surface area contributed by atoms with E-state index in [0.717, 1.165) is 16.7 Å². The lowest BCUT2D eigenvalue weighted by molar-refractivity contribution is 1.21. The molecule has 0 radical (unpaired) electrons. The maximum atomic E-state index is 8.77. The summed E-state index contributed by atoms with van der Waals surface area (Å²) in [5.41, 5.74) is 3.58. The molecule has 0 fully saturated rings. The Kier molecular flexibility index (Phi) is 2.47. The van der Waals surface area contributed by atoms with Gasteiger partial charge in [0, 0.05) is 11.8 Å². The van der Waals surface area contributed by atoms with Crippen molar-refractivity contribution in [3.8, 4) is 17.2 Å². The standard InChI is InChI=1S/C13H10N2/c1-10-7-12(9-15-13(10)8-14)11-5-3-2-4-6-11/h2-7,9H,1H3. The quantitative estimate of drug-likeness (QED) is 0.699. The van der Waals surface area contributed by atoms with Gasteiger partial charge in [-0.05, 0) is 24.1 Å². The van der Waals surface area contributed by atoms with Gasteiger partial charge in [-0.15, -0.1) is 0 Å². The van der Waals surface area contributed by atoms with E-state index in [2.05, 4.69) is 11.1 Å². The summed E-state index contributed by atoms with van der Waals surface area (Å²) in [7, 11) is 0. The van der Waals surface area contributed by atoms with Crippen LogP contribution in [0.4, 0.5) is 0 Å². The van der Waals surface area contributed by atoms with Crippen molar-refractivity contribution >= 4 is 0 Å². The fraction of sp³-hybridized carbons (Fsp3) is 0.0769. The van der Waals surface area contributed by atoms with Gasteiger partial charge in [-0.25, -0.2) is 4.98 Å². The second-order valence-corrected chi connectivity index (χ2v) is 3.37. The average Bonchev–Trinajstić information content (AvgIpc) is 2.30. The van der Waals surface area contributed by atoms with Crippen LogP contribution in [-0.4, -0.2) is 4.98 Å². The van der Waals surface area contributed by atoms with Gasteiger partial charge in [0.1, 0.15) is 11.8 Å². The van der Waals surface area contributed by atoms with Crippen molar-refractivity contribution in [2.75, 3.05) is 0 Å². The molecule has 0 aliphatic carbocycles. The molecule has 72 valence electrons. The molecule has 0 bridgehead atoms. The molecule has 0 saturated heterocycles. The number of pyridine rings is 1. The van der Waals surface area contributed by atoms with Gasteiger partial charge in [0.25, 0.3) is 0 Å². The maximum absolute atomic E-state index is 8.77. The lowest BCUT2D eigenvalue weighted by atomic mass is 10.1. The molecule has 2 heteroatoms. The van der Waals surface area contributed by atoms with Crippen molar-refractivity contribution in [3.05, 3.63) is 53.9 Å². The molecule has 0 atom stereocenters. The second kappa shape index (κ2) is 3.93. The molecule has 0 amide bonds. The first-order chi connectivity index (χ1) is 7.31. The molecule has 2 aromatic rings. The number of aromatic nitrogens is 1. The van der Waals surface area contributed by atoms with Gasteiger partial charge in [-0.3, -0.25) is 0 Å². The minimum atomic E-state index is 0.495. The summed E-state index contributed by atoms with van der Waals surface area (Å²) in [6.07, 6.45) is 1.74. The highest BCUT2D eigenvalue weighted by atomic mass is 14.7. The molecule has 1 aromatic heterocycles. The summed E-state index contributed by atoms with van der Waals surface area (Å²) in [6.45, 7) is 1.90. The van der Waals surface area contributed by atoms with Crippen LogP contribution in [0.15, 0.2) is 42.6 Å². The summed E-state index contributed by atoms with van der Waals surface area (Å²) in [5.74, 6) is 0. The van der Waals surface area contributed by atoms with Crippen LogP contribution < -0.4 is 0 Å². The summed E-state index contributed by atoms with van der Waals surface area (Å²) < 4.78 is 0. The number of aryl methyl sites for hydroxylation is 1. The third-order valence-corrected chi connectivity index (χ3v) is 2.29. The normalized spacial score (nSPS) is 9.60. The molecule has 1 heterocycles. The summed E-state index contributed by atoms with van der Waals surface area (Å²) >= 11 is 0. The summed E-state index contributed by atoms with van der Waals surface area (Å²) in [4.78, 5) is 4.11. The fourth-order valence-electron chi connectivity index (χ4n) is 1.48. The molecule has 0 unspecified atom stereocenters. The zero-order chi connectivity index (χ0) is 10.7. The summed E-state index contributed by atoms with van der Waals surface area (Å²) in [5, 5.41) is 8.77.